The molecule has 0 aliphatic carbocycles. The van der Waals surface area contributed by atoms with Gasteiger partial charge < -0.3 is 0 Å². The van der Waals surface area contributed by atoms with Crippen LogP contribution in [0, 0.1) is 6.92 Å². The zero-order chi connectivity index (χ0) is 18.8. The third-order valence-corrected chi connectivity index (χ3v) is 4.70. The number of hydrogen-bond acceptors (Lipinski definition) is 2. The van der Waals surface area contributed by atoms with Crippen LogP contribution in [0.1, 0.15) is 17.0 Å². The Morgan fingerprint density at radius 1 is 0.889 bits per heavy atom. The van der Waals surface area contributed by atoms with Gasteiger partial charge in [0.2, 0.25) is 0 Å². The molecule has 3 aromatic carbocycles. The van der Waals surface area contributed by atoms with Crippen molar-refractivity contribution in [3.05, 3.63) is 105 Å². The molecule has 0 aliphatic rings. The second-order valence-electron chi connectivity index (χ2n) is 6.30. The smallest absolute Gasteiger partial charge is 0.266 e. The van der Waals surface area contributed by atoms with Crippen LogP contribution in [-0.4, -0.2) is 9.55 Å². The Bertz CT molecular complexity index is 1210. The highest BCUT2D eigenvalue weighted by Gasteiger charge is 2.12. The normalized spacial score (nSPS) is 11.3. The first-order valence-electron chi connectivity index (χ1n) is 8.65. The lowest BCUT2D eigenvalue weighted by molar-refractivity contribution is 0.934. The third-order valence-electron chi connectivity index (χ3n) is 4.45. The molecule has 4 aromatic rings. The van der Waals surface area contributed by atoms with Crippen LogP contribution >= 0.6 is 11.6 Å². The molecule has 132 valence electrons. The van der Waals surface area contributed by atoms with E-state index in [1.54, 1.807) is 4.57 Å². The van der Waals surface area contributed by atoms with Gasteiger partial charge in [0.1, 0.15) is 5.82 Å². The molecule has 0 fully saturated rings. The van der Waals surface area contributed by atoms with E-state index in [2.05, 4.69) is 0 Å². The van der Waals surface area contributed by atoms with Crippen molar-refractivity contribution >= 4 is 34.7 Å². The molecule has 0 radical (unpaired) electrons. The minimum atomic E-state index is -0.0781. The third kappa shape index (κ3) is 3.42. The number of benzene rings is 3. The highest BCUT2D eigenvalue weighted by Crippen LogP contribution is 2.18. The van der Waals surface area contributed by atoms with Crippen molar-refractivity contribution in [3.8, 4) is 5.69 Å². The number of nitrogens with zero attached hydrogens (tertiary/aromatic N) is 2. The summed E-state index contributed by atoms with van der Waals surface area (Å²) in [5, 5.41) is 1.29. The number of aryl methyl sites for hydroxylation is 1. The molecule has 1 aromatic heterocycles. The monoisotopic (exact) mass is 372 g/mol. The van der Waals surface area contributed by atoms with Crippen LogP contribution in [0.3, 0.4) is 0 Å². The molecule has 0 bridgehead atoms. The topological polar surface area (TPSA) is 34.9 Å². The Kier molecular flexibility index (Phi) is 4.61. The average Bonchev–Trinajstić information content (AvgIpc) is 2.69. The molecule has 3 nitrogen and oxygen atoms in total. The first-order chi connectivity index (χ1) is 13.1. The van der Waals surface area contributed by atoms with E-state index in [4.69, 9.17) is 16.6 Å². The number of aromatic nitrogens is 2. The predicted octanol–water partition coefficient (Wildman–Crippen LogP) is 5.52. The van der Waals surface area contributed by atoms with Gasteiger partial charge in [-0.15, -0.1) is 0 Å². The van der Waals surface area contributed by atoms with E-state index in [9.17, 15) is 4.79 Å². The summed E-state index contributed by atoms with van der Waals surface area (Å²) in [4.78, 5) is 18.0. The van der Waals surface area contributed by atoms with Gasteiger partial charge in [-0.25, -0.2) is 4.98 Å². The summed E-state index contributed by atoms with van der Waals surface area (Å²) in [6.45, 7) is 1.99. The molecule has 4 rings (SSSR count). The second-order valence-corrected chi connectivity index (χ2v) is 6.74. The van der Waals surface area contributed by atoms with Crippen molar-refractivity contribution in [2.75, 3.05) is 0 Å². The minimum absolute atomic E-state index is 0.0781. The first kappa shape index (κ1) is 17.3. The van der Waals surface area contributed by atoms with Gasteiger partial charge in [0.05, 0.1) is 16.6 Å². The van der Waals surface area contributed by atoms with Crippen LogP contribution in [0.25, 0.3) is 28.7 Å². The summed E-state index contributed by atoms with van der Waals surface area (Å²) in [5.74, 6) is 0.586. The molecule has 0 N–H and O–H groups in total. The van der Waals surface area contributed by atoms with Crippen molar-refractivity contribution < 1.29 is 0 Å². The number of hydrogen-bond donors (Lipinski definition) is 0. The highest BCUT2D eigenvalue weighted by atomic mass is 35.5. The van der Waals surface area contributed by atoms with Crippen molar-refractivity contribution in [1.82, 2.24) is 9.55 Å². The lowest BCUT2D eigenvalue weighted by atomic mass is 10.1. The molecule has 0 atom stereocenters. The fourth-order valence-corrected chi connectivity index (χ4v) is 3.18. The van der Waals surface area contributed by atoms with Crippen LogP contribution in [0.4, 0.5) is 0 Å². The Hall–Kier alpha value is -3.17. The van der Waals surface area contributed by atoms with E-state index >= 15 is 0 Å². The minimum Gasteiger partial charge on any atom is -0.268 e. The van der Waals surface area contributed by atoms with Gasteiger partial charge in [-0.1, -0.05) is 60.1 Å². The molecular weight excluding hydrogens is 356 g/mol. The zero-order valence-corrected chi connectivity index (χ0v) is 15.5. The number of halogens is 1. The molecule has 4 heteroatoms. The van der Waals surface area contributed by atoms with E-state index < -0.39 is 0 Å². The number of fused-ring (bicyclic) bond motifs is 1. The van der Waals surface area contributed by atoms with Crippen LogP contribution in [0.5, 0.6) is 0 Å². The Balaban J connectivity index is 1.95. The Labute approximate surface area is 162 Å². The van der Waals surface area contributed by atoms with Crippen LogP contribution in [-0.2, 0) is 0 Å². The van der Waals surface area contributed by atoms with Gasteiger partial charge in [-0.2, -0.15) is 0 Å². The molecule has 0 aliphatic heterocycles. The van der Waals surface area contributed by atoms with Gasteiger partial charge >= 0.3 is 0 Å². The fourth-order valence-electron chi connectivity index (χ4n) is 3.05. The quantitative estimate of drug-likeness (QED) is 0.474. The standard InChI is InChI=1S/C23H17ClN2O/c1-16-6-2-5-9-21(16)26-22(15-12-17-10-13-18(24)14-11-17)25-20-8-4-3-7-19(20)23(26)27/h2-15H,1H3. The molecular formula is C23H17ClN2O. The molecule has 0 saturated heterocycles. The van der Waals surface area contributed by atoms with Gasteiger partial charge in [0.25, 0.3) is 5.56 Å². The highest BCUT2D eigenvalue weighted by molar-refractivity contribution is 6.30. The van der Waals surface area contributed by atoms with Gasteiger partial charge in [-0.05, 0) is 54.5 Å². The SMILES string of the molecule is Cc1ccccc1-n1c(C=Cc2ccc(Cl)cc2)nc2ccccc2c1=O. The summed E-state index contributed by atoms with van der Waals surface area (Å²) in [7, 11) is 0. The van der Waals surface area contributed by atoms with Crippen LogP contribution in [0.15, 0.2) is 77.6 Å². The maximum atomic E-state index is 13.2. The molecule has 0 saturated carbocycles. The molecule has 27 heavy (non-hydrogen) atoms. The predicted molar refractivity (Wildman–Crippen MR) is 112 cm³/mol. The first-order valence-corrected chi connectivity index (χ1v) is 9.03. The maximum absolute atomic E-state index is 13.2. The number of para-hydroxylation sites is 2. The van der Waals surface area contributed by atoms with Gasteiger partial charge in [-0.3, -0.25) is 9.36 Å². The summed E-state index contributed by atoms with van der Waals surface area (Å²) in [6, 6.07) is 22.8. The fraction of sp³-hybridized carbons (Fsp3) is 0.0435. The average molecular weight is 373 g/mol. The largest absolute Gasteiger partial charge is 0.268 e. The maximum Gasteiger partial charge on any atom is 0.266 e. The van der Waals surface area contributed by atoms with Crippen molar-refractivity contribution in [2.45, 2.75) is 6.92 Å². The molecule has 1 heterocycles. The second kappa shape index (κ2) is 7.22. The van der Waals surface area contributed by atoms with Crippen molar-refractivity contribution in [2.24, 2.45) is 0 Å². The zero-order valence-electron chi connectivity index (χ0n) is 14.8. The molecule has 0 spiro atoms. The van der Waals surface area contributed by atoms with Crippen LogP contribution < -0.4 is 5.56 Å². The van der Waals surface area contributed by atoms with E-state index in [-0.39, 0.29) is 5.56 Å². The van der Waals surface area contributed by atoms with Crippen LogP contribution in [0.2, 0.25) is 5.02 Å². The lowest BCUT2D eigenvalue weighted by Crippen LogP contribution is -2.23. The van der Waals surface area contributed by atoms with Crippen molar-refractivity contribution in [1.29, 1.82) is 0 Å². The Morgan fingerprint density at radius 3 is 2.37 bits per heavy atom. The van der Waals surface area contributed by atoms with Gasteiger partial charge in [0, 0.05) is 5.02 Å². The number of rotatable bonds is 3. The van der Waals surface area contributed by atoms with Crippen molar-refractivity contribution in [3.63, 3.8) is 0 Å². The molecule has 0 unspecified atom stereocenters. The summed E-state index contributed by atoms with van der Waals surface area (Å²) in [6.07, 6.45) is 3.80. The summed E-state index contributed by atoms with van der Waals surface area (Å²) >= 11 is 5.96. The van der Waals surface area contributed by atoms with E-state index in [0.29, 0.717) is 21.7 Å². The summed E-state index contributed by atoms with van der Waals surface area (Å²) < 4.78 is 1.67. The van der Waals surface area contributed by atoms with E-state index in [0.717, 1.165) is 16.8 Å². The van der Waals surface area contributed by atoms with E-state index in [1.165, 1.54) is 0 Å². The molecule has 0 amide bonds. The van der Waals surface area contributed by atoms with E-state index in [1.807, 2.05) is 91.9 Å². The lowest BCUT2D eigenvalue weighted by Gasteiger charge is -2.13. The summed E-state index contributed by atoms with van der Waals surface area (Å²) in [5.41, 5.74) is 3.43. The Morgan fingerprint density at radius 2 is 1.59 bits per heavy atom. The van der Waals surface area contributed by atoms with Gasteiger partial charge in [0.15, 0.2) is 0 Å².